The van der Waals surface area contributed by atoms with Crippen molar-refractivity contribution in [1.29, 1.82) is 0 Å². The Bertz CT molecular complexity index is 712. The first-order valence-electron chi connectivity index (χ1n) is 9.21. The number of hydrogen-bond acceptors (Lipinski definition) is 5. The molecule has 1 fully saturated rings. The van der Waals surface area contributed by atoms with E-state index in [4.69, 9.17) is 4.74 Å². The summed E-state index contributed by atoms with van der Waals surface area (Å²) in [6, 6.07) is 11.5. The van der Waals surface area contributed by atoms with Gasteiger partial charge in [-0.2, -0.15) is 0 Å². The maximum Gasteiger partial charge on any atom is 0.274 e. The molecule has 0 unspecified atom stereocenters. The summed E-state index contributed by atoms with van der Waals surface area (Å²) in [6.07, 6.45) is 3.96. The van der Waals surface area contributed by atoms with Crippen LogP contribution in [0.5, 0.6) is 0 Å². The lowest BCUT2D eigenvalue weighted by atomic mass is 10.2. The van der Waals surface area contributed by atoms with Gasteiger partial charge in [0.2, 0.25) is 0 Å². The fourth-order valence-electron chi connectivity index (χ4n) is 2.89. The summed E-state index contributed by atoms with van der Waals surface area (Å²) >= 11 is 0. The van der Waals surface area contributed by atoms with Crippen LogP contribution in [-0.2, 0) is 4.74 Å². The summed E-state index contributed by atoms with van der Waals surface area (Å²) in [6.45, 7) is 6.12. The number of aromatic nitrogens is 1. The summed E-state index contributed by atoms with van der Waals surface area (Å²) in [7, 11) is 0. The highest BCUT2D eigenvalue weighted by Crippen LogP contribution is 2.26. The first-order chi connectivity index (χ1) is 12.8. The number of para-hydroxylation sites is 2. The number of rotatable bonds is 7. The molecule has 0 radical (unpaired) electrons. The number of pyridine rings is 1. The third-order valence-corrected chi connectivity index (χ3v) is 4.36. The van der Waals surface area contributed by atoms with E-state index in [-0.39, 0.29) is 5.91 Å². The van der Waals surface area contributed by atoms with Crippen LogP contribution in [0.2, 0.25) is 0 Å². The number of morpholine rings is 1. The van der Waals surface area contributed by atoms with Crippen LogP contribution in [0, 0.1) is 0 Å². The zero-order valence-corrected chi connectivity index (χ0v) is 15.2. The molecule has 0 saturated carbocycles. The molecule has 0 aliphatic carbocycles. The molecule has 1 amide bonds. The van der Waals surface area contributed by atoms with Gasteiger partial charge in [-0.05, 0) is 30.7 Å². The van der Waals surface area contributed by atoms with Crippen molar-refractivity contribution in [3.8, 4) is 0 Å². The van der Waals surface area contributed by atoms with Crippen molar-refractivity contribution in [1.82, 2.24) is 4.98 Å². The molecule has 6 nitrogen and oxygen atoms in total. The van der Waals surface area contributed by atoms with E-state index >= 15 is 0 Å². The molecule has 6 heteroatoms. The number of anilines is 3. The van der Waals surface area contributed by atoms with Crippen molar-refractivity contribution in [3.05, 3.63) is 48.3 Å². The molecule has 3 rings (SSSR count). The molecular weight excluding hydrogens is 328 g/mol. The Hall–Kier alpha value is -2.60. The lowest BCUT2D eigenvalue weighted by molar-refractivity contribution is 0.102. The number of nitrogens with one attached hydrogen (secondary N) is 2. The normalized spacial score (nSPS) is 14.1. The summed E-state index contributed by atoms with van der Waals surface area (Å²) < 4.78 is 5.41. The van der Waals surface area contributed by atoms with Crippen LogP contribution in [-0.4, -0.2) is 43.7 Å². The highest BCUT2D eigenvalue weighted by atomic mass is 16.5. The van der Waals surface area contributed by atoms with Crippen LogP contribution in [0.1, 0.15) is 30.3 Å². The maximum atomic E-state index is 12.6. The third kappa shape index (κ3) is 4.73. The number of hydrogen-bond donors (Lipinski definition) is 2. The monoisotopic (exact) mass is 354 g/mol. The van der Waals surface area contributed by atoms with E-state index < -0.39 is 0 Å². The minimum absolute atomic E-state index is 0.203. The number of carbonyl (C=O) groups excluding carboxylic acids is 1. The van der Waals surface area contributed by atoms with E-state index in [0.29, 0.717) is 18.9 Å². The Morgan fingerprint density at radius 3 is 2.73 bits per heavy atom. The minimum atomic E-state index is -0.203. The predicted molar refractivity (Wildman–Crippen MR) is 105 cm³/mol. The van der Waals surface area contributed by atoms with Gasteiger partial charge in [0.05, 0.1) is 36.5 Å². The van der Waals surface area contributed by atoms with Gasteiger partial charge in [0.25, 0.3) is 5.91 Å². The second-order valence-electron chi connectivity index (χ2n) is 6.28. The molecular formula is C20H26N4O2. The van der Waals surface area contributed by atoms with Gasteiger partial charge >= 0.3 is 0 Å². The van der Waals surface area contributed by atoms with Crippen molar-refractivity contribution < 1.29 is 9.53 Å². The Morgan fingerprint density at radius 1 is 1.19 bits per heavy atom. The molecule has 0 bridgehead atoms. The van der Waals surface area contributed by atoms with Crippen LogP contribution in [0.25, 0.3) is 0 Å². The first-order valence-corrected chi connectivity index (χ1v) is 9.21. The number of carbonyl (C=O) groups is 1. The van der Waals surface area contributed by atoms with E-state index in [1.54, 1.807) is 12.3 Å². The Balaban J connectivity index is 1.66. The van der Waals surface area contributed by atoms with E-state index in [2.05, 4.69) is 27.4 Å². The van der Waals surface area contributed by atoms with E-state index in [9.17, 15) is 4.79 Å². The van der Waals surface area contributed by atoms with Gasteiger partial charge in [0, 0.05) is 19.6 Å². The molecule has 0 spiro atoms. The smallest absolute Gasteiger partial charge is 0.274 e. The SMILES string of the molecule is CCCCNc1ccc(C(=O)Nc2ccccc2N2CCOCC2)nc1. The van der Waals surface area contributed by atoms with Gasteiger partial charge in [0.15, 0.2) is 0 Å². The van der Waals surface area contributed by atoms with Crippen LogP contribution >= 0.6 is 0 Å². The van der Waals surface area contributed by atoms with E-state index in [1.165, 1.54) is 0 Å². The van der Waals surface area contributed by atoms with Gasteiger partial charge < -0.3 is 20.3 Å². The summed E-state index contributed by atoms with van der Waals surface area (Å²) in [5, 5.41) is 6.29. The Morgan fingerprint density at radius 2 is 2.00 bits per heavy atom. The number of amides is 1. The zero-order chi connectivity index (χ0) is 18.2. The molecule has 1 saturated heterocycles. The molecule has 0 atom stereocenters. The zero-order valence-electron chi connectivity index (χ0n) is 15.2. The van der Waals surface area contributed by atoms with Crippen molar-refractivity contribution in [3.63, 3.8) is 0 Å². The summed E-state index contributed by atoms with van der Waals surface area (Å²) in [4.78, 5) is 19.1. The summed E-state index contributed by atoms with van der Waals surface area (Å²) in [5.41, 5.74) is 3.15. The molecule has 26 heavy (non-hydrogen) atoms. The lowest BCUT2D eigenvalue weighted by Crippen LogP contribution is -2.36. The molecule has 2 N–H and O–H groups in total. The molecule has 2 heterocycles. The van der Waals surface area contributed by atoms with Crippen LogP contribution in [0.4, 0.5) is 17.1 Å². The van der Waals surface area contributed by atoms with Gasteiger partial charge in [-0.1, -0.05) is 25.5 Å². The maximum absolute atomic E-state index is 12.6. The topological polar surface area (TPSA) is 66.5 Å². The molecule has 1 aromatic carbocycles. The Kier molecular flexibility index (Phi) is 6.44. The first kappa shape index (κ1) is 18.2. The molecule has 138 valence electrons. The van der Waals surface area contributed by atoms with E-state index in [1.807, 2.05) is 30.3 Å². The van der Waals surface area contributed by atoms with Crippen LogP contribution in [0.3, 0.4) is 0 Å². The highest BCUT2D eigenvalue weighted by Gasteiger charge is 2.16. The van der Waals surface area contributed by atoms with E-state index in [0.717, 1.165) is 49.5 Å². The fraction of sp³-hybridized carbons (Fsp3) is 0.400. The molecule has 2 aromatic rings. The molecule has 1 aliphatic heterocycles. The van der Waals surface area contributed by atoms with Crippen molar-refractivity contribution in [2.45, 2.75) is 19.8 Å². The van der Waals surface area contributed by atoms with Gasteiger partial charge in [-0.3, -0.25) is 4.79 Å². The average molecular weight is 354 g/mol. The number of nitrogens with zero attached hydrogens (tertiary/aromatic N) is 2. The van der Waals surface area contributed by atoms with Crippen molar-refractivity contribution in [2.24, 2.45) is 0 Å². The second-order valence-corrected chi connectivity index (χ2v) is 6.28. The van der Waals surface area contributed by atoms with Crippen molar-refractivity contribution in [2.75, 3.05) is 48.4 Å². The number of ether oxygens (including phenoxy) is 1. The lowest BCUT2D eigenvalue weighted by Gasteiger charge is -2.30. The molecule has 1 aromatic heterocycles. The molecule has 1 aliphatic rings. The largest absolute Gasteiger partial charge is 0.384 e. The quantitative estimate of drug-likeness (QED) is 0.746. The van der Waals surface area contributed by atoms with Crippen LogP contribution in [0.15, 0.2) is 42.6 Å². The highest BCUT2D eigenvalue weighted by molar-refractivity contribution is 6.04. The summed E-state index contributed by atoms with van der Waals surface area (Å²) in [5.74, 6) is -0.203. The third-order valence-electron chi connectivity index (χ3n) is 4.36. The minimum Gasteiger partial charge on any atom is -0.384 e. The van der Waals surface area contributed by atoms with Crippen LogP contribution < -0.4 is 15.5 Å². The number of benzene rings is 1. The van der Waals surface area contributed by atoms with Gasteiger partial charge in [-0.25, -0.2) is 4.98 Å². The Labute approximate surface area is 154 Å². The second kappa shape index (κ2) is 9.20. The van der Waals surface area contributed by atoms with Gasteiger partial charge in [0.1, 0.15) is 5.69 Å². The van der Waals surface area contributed by atoms with Crippen molar-refractivity contribution >= 4 is 23.0 Å². The number of unbranched alkanes of at least 4 members (excludes halogenated alkanes) is 1. The predicted octanol–water partition coefficient (Wildman–Crippen LogP) is 3.38. The standard InChI is InChI=1S/C20H26N4O2/c1-2-3-10-21-16-8-9-18(22-15-16)20(25)23-17-6-4-5-7-19(17)24-11-13-26-14-12-24/h4-9,15,21H,2-3,10-14H2,1H3,(H,23,25). The fourth-order valence-corrected chi connectivity index (χ4v) is 2.89. The average Bonchev–Trinajstić information content (AvgIpc) is 2.70. The van der Waals surface area contributed by atoms with Gasteiger partial charge in [-0.15, -0.1) is 0 Å².